The Hall–Kier alpha value is -3.60. The number of hydrogen-bond donors (Lipinski definition) is 0. The summed E-state index contributed by atoms with van der Waals surface area (Å²) in [4.78, 5) is 36.8. The highest BCUT2D eigenvalue weighted by Gasteiger charge is 2.30. The SMILES string of the molecule is Cc1cc(C)c2sc3ccccc3c(=O)c2c1.O=C1c2ccccc2C(=O)c2c(Cl)cccc21. The zero-order valence-electron chi connectivity index (χ0n) is 18.5. The van der Waals surface area contributed by atoms with E-state index in [1.807, 2.05) is 37.3 Å². The van der Waals surface area contributed by atoms with Crippen molar-refractivity contribution in [2.75, 3.05) is 0 Å². The fourth-order valence-electron chi connectivity index (χ4n) is 4.36. The molecule has 1 heterocycles. The molecule has 166 valence electrons. The van der Waals surface area contributed by atoms with Gasteiger partial charge in [0.2, 0.25) is 0 Å². The summed E-state index contributed by atoms with van der Waals surface area (Å²) in [5, 5.41) is 2.01. The Balaban J connectivity index is 0.000000142. The van der Waals surface area contributed by atoms with E-state index < -0.39 is 0 Å². The number of hydrogen-bond acceptors (Lipinski definition) is 4. The molecule has 0 spiro atoms. The number of halogens is 1. The molecule has 0 saturated heterocycles. The van der Waals surface area contributed by atoms with Gasteiger partial charge in [-0.15, -0.1) is 11.3 Å². The molecule has 0 saturated carbocycles. The smallest absolute Gasteiger partial charge is 0.196 e. The Kier molecular flexibility index (Phi) is 5.64. The van der Waals surface area contributed by atoms with Crippen molar-refractivity contribution >= 4 is 54.7 Å². The summed E-state index contributed by atoms with van der Waals surface area (Å²) in [5.41, 5.74) is 4.08. The Morgan fingerprint density at radius 1 is 0.676 bits per heavy atom. The van der Waals surface area contributed by atoms with Crippen LogP contribution < -0.4 is 5.43 Å². The van der Waals surface area contributed by atoms with Crippen molar-refractivity contribution in [1.82, 2.24) is 0 Å². The quantitative estimate of drug-likeness (QED) is 0.216. The van der Waals surface area contributed by atoms with Crippen molar-refractivity contribution in [3.63, 3.8) is 0 Å². The zero-order valence-corrected chi connectivity index (χ0v) is 20.1. The third-order valence-electron chi connectivity index (χ3n) is 5.91. The third kappa shape index (κ3) is 3.65. The van der Waals surface area contributed by atoms with Crippen LogP contribution in [0.4, 0.5) is 0 Å². The highest BCUT2D eigenvalue weighted by atomic mass is 35.5. The maximum Gasteiger partial charge on any atom is 0.196 e. The highest BCUT2D eigenvalue weighted by Crippen LogP contribution is 2.31. The number of benzene rings is 4. The van der Waals surface area contributed by atoms with Crippen molar-refractivity contribution in [2.45, 2.75) is 13.8 Å². The average Bonchev–Trinajstić information content (AvgIpc) is 2.84. The van der Waals surface area contributed by atoms with Gasteiger partial charge in [-0.1, -0.05) is 71.8 Å². The number of ketones is 2. The van der Waals surface area contributed by atoms with Crippen LogP contribution in [0.15, 0.2) is 83.7 Å². The van der Waals surface area contributed by atoms with E-state index in [2.05, 4.69) is 13.0 Å². The first-order chi connectivity index (χ1) is 16.4. The normalized spacial score (nSPS) is 12.2. The average molecular weight is 483 g/mol. The van der Waals surface area contributed by atoms with Gasteiger partial charge in [0.05, 0.1) is 10.6 Å². The molecule has 0 N–H and O–H groups in total. The molecule has 0 radical (unpaired) electrons. The van der Waals surface area contributed by atoms with Gasteiger partial charge in [-0.2, -0.15) is 0 Å². The second-order valence-corrected chi connectivity index (χ2v) is 9.71. The standard InChI is InChI=1S/C15H12OS.C14H7ClO2/c1-9-7-10(2)15-12(8-9)14(16)11-5-3-4-6-13(11)17-15;15-11-7-3-6-10-12(11)14(17)9-5-2-1-4-8(9)13(10)16/h3-8H,1-2H3;1-7H. The Morgan fingerprint density at radius 2 is 1.32 bits per heavy atom. The van der Waals surface area contributed by atoms with Crippen LogP contribution in [0.2, 0.25) is 5.02 Å². The van der Waals surface area contributed by atoms with Crippen molar-refractivity contribution in [2.24, 2.45) is 0 Å². The summed E-state index contributed by atoms with van der Waals surface area (Å²) < 4.78 is 2.18. The number of fused-ring (bicyclic) bond motifs is 4. The van der Waals surface area contributed by atoms with Gasteiger partial charge in [-0.3, -0.25) is 14.4 Å². The van der Waals surface area contributed by atoms with Crippen molar-refractivity contribution in [3.8, 4) is 0 Å². The number of carbonyl (C=O) groups excluding carboxylic acids is 2. The van der Waals surface area contributed by atoms with E-state index in [0.717, 1.165) is 25.7 Å². The molecule has 5 heteroatoms. The molecule has 0 atom stereocenters. The largest absolute Gasteiger partial charge is 0.289 e. The molecule has 1 aliphatic carbocycles. The van der Waals surface area contributed by atoms with Gasteiger partial charge >= 0.3 is 0 Å². The Labute approximate surface area is 205 Å². The summed E-state index contributed by atoms with van der Waals surface area (Å²) in [7, 11) is 0. The fourth-order valence-corrected chi connectivity index (χ4v) is 5.74. The van der Waals surface area contributed by atoms with E-state index in [0.29, 0.717) is 27.3 Å². The third-order valence-corrected chi connectivity index (χ3v) is 7.55. The maximum atomic E-state index is 12.4. The molecule has 5 aromatic rings. The van der Waals surface area contributed by atoms with Gasteiger partial charge in [-0.25, -0.2) is 0 Å². The first-order valence-corrected chi connectivity index (χ1v) is 12.0. The summed E-state index contributed by atoms with van der Waals surface area (Å²) in [6, 6.07) is 23.7. The molecule has 0 unspecified atom stereocenters. The summed E-state index contributed by atoms with van der Waals surface area (Å²) in [5.74, 6) is -0.321. The predicted octanol–water partition coefficient (Wildman–Crippen LogP) is 7.15. The van der Waals surface area contributed by atoms with E-state index in [-0.39, 0.29) is 17.0 Å². The topological polar surface area (TPSA) is 51.2 Å². The Bertz CT molecular complexity index is 1700. The zero-order chi connectivity index (χ0) is 24.0. The lowest BCUT2D eigenvalue weighted by Crippen LogP contribution is -2.21. The molecule has 0 fully saturated rings. The van der Waals surface area contributed by atoms with E-state index >= 15 is 0 Å². The van der Waals surface area contributed by atoms with Crippen molar-refractivity contribution < 1.29 is 9.59 Å². The number of aryl methyl sites for hydroxylation is 2. The molecule has 4 aromatic carbocycles. The summed E-state index contributed by atoms with van der Waals surface area (Å²) in [6.07, 6.45) is 0. The highest BCUT2D eigenvalue weighted by molar-refractivity contribution is 7.24. The first-order valence-electron chi connectivity index (χ1n) is 10.8. The molecule has 1 aliphatic rings. The minimum absolute atomic E-state index is 0.141. The molecule has 0 aliphatic heterocycles. The predicted molar refractivity (Wildman–Crippen MR) is 140 cm³/mol. The molecule has 0 amide bonds. The second-order valence-electron chi connectivity index (χ2n) is 8.25. The molecule has 6 rings (SSSR count). The van der Waals surface area contributed by atoms with Crippen LogP contribution in [0.5, 0.6) is 0 Å². The van der Waals surface area contributed by atoms with Crippen LogP contribution in [-0.4, -0.2) is 11.6 Å². The minimum Gasteiger partial charge on any atom is -0.289 e. The van der Waals surface area contributed by atoms with E-state index in [1.165, 1.54) is 5.56 Å². The second kappa shape index (κ2) is 8.64. The number of rotatable bonds is 0. The van der Waals surface area contributed by atoms with Gasteiger partial charge in [0.15, 0.2) is 17.0 Å². The molecule has 1 aromatic heterocycles. The number of carbonyl (C=O) groups is 2. The maximum absolute atomic E-state index is 12.4. The van der Waals surface area contributed by atoms with Gasteiger partial charge in [0, 0.05) is 36.9 Å². The van der Waals surface area contributed by atoms with Crippen LogP contribution in [-0.2, 0) is 0 Å². The van der Waals surface area contributed by atoms with Gasteiger partial charge < -0.3 is 0 Å². The van der Waals surface area contributed by atoms with Crippen molar-refractivity contribution in [1.29, 1.82) is 0 Å². The van der Waals surface area contributed by atoms with Crippen LogP contribution in [0.1, 0.15) is 43.0 Å². The molecule has 3 nitrogen and oxygen atoms in total. The Morgan fingerprint density at radius 3 is 2.09 bits per heavy atom. The van der Waals surface area contributed by atoms with Crippen LogP contribution in [0, 0.1) is 13.8 Å². The van der Waals surface area contributed by atoms with E-state index in [1.54, 1.807) is 53.8 Å². The lowest BCUT2D eigenvalue weighted by molar-refractivity contribution is 0.0979. The lowest BCUT2D eigenvalue weighted by atomic mass is 9.84. The molecule has 34 heavy (non-hydrogen) atoms. The van der Waals surface area contributed by atoms with Gasteiger partial charge in [-0.05, 0) is 43.7 Å². The first kappa shape index (κ1) is 22.2. The summed E-state index contributed by atoms with van der Waals surface area (Å²) in [6.45, 7) is 4.10. The van der Waals surface area contributed by atoms with E-state index in [9.17, 15) is 14.4 Å². The fraction of sp³-hybridized carbons (Fsp3) is 0.0690. The monoisotopic (exact) mass is 482 g/mol. The van der Waals surface area contributed by atoms with Crippen LogP contribution in [0.3, 0.4) is 0 Å². The van der Waals surface area contributed by atoms with Gasteiger partial charge in [0.25, 0.3) is 0 Å². The van der Waals surface area contributed by atoms with Crippen LogP contribution in [0.25, 0.3) is 20.2 Å². The molecular weight excluding hydrogens is 464 g/mol. The van der Waals surface area contributed by atoms with E-state index in [4.69, 9.17) is 11.6 Å². The van der Waals surface area contributed by atoms with Crippen LogP contribution >= 0.6 is 22.9 Å². The minimum atomic E-state index is -0.180. The molecular formula is C29H19ClO3S. The van der Waals surface area contributed by atoms with Crippen molar-refractivity contribution in [3.05, 3.63) is 127 Å². The lowest BCUT2D eigenvalue weighted by Gasteiger charge is -2.17. The summed E-state index contributed by atoms with van der Waals surface area (Å²) >= 11 is 7.70. The molecule has 0 bridgehead atoms. The van der Waals surface area contributed by atoms with Gasteiger partial charge in [0.1, 0.15) is 0 Å².